The second kappa shape index (κ2) is 3.41. The zero-order valence-electron chi connectivity index (χ0n) is 10.0. The number of fused-ring (bicyclic) bond motifs is 2. The lowest BCUT2D eigenvalue weighted by Crippen LogP contribution is -2.48. The molecule has 0 heterocycles. The summed E-state index contributed by atoms with van der Waals surface area (Å²) >= 11 is 0. The summed E-state index contributed by atoms with van der Waals surface area (Å²) in [5, 5.41) is 4.26. The minimum atomic E-state index is -0.0839. The van der Waals surface area contributed by atoms with Crippen LogP contribution in [0.2, 0.25) is 0 Å². The molecule has 0 aromatic heterocycles. The molecule has 0 spiro atoms. The van der Waals surface area contributed by atoms with Crippen molar-refractivity contribution in [1.29, 1.82) is 0 Å². The number of azide groups is 1. The van der Waals surface area contributed by atoms with Crippen LogP contribution >= 0.6 is 0 Å². The van der Waals surface area contributed by atoms with Gasteiger partial charge in [0.2, 0.25) is 0 Å². The van der Waals surface area contributed by atoms with E-state index >= 15 is 0 Å². The highest BCUT2D eigenvalue weighted by Gasteiger charge is 2.62. The smallest absolute Gasteiger partial charge is 0.0569 e. The van der Waals surface area contributed by atoms with Crippen LogP contribution in [-0.4, -0.2) is 5.54 Å². The van der Waals surface area contributed by atoms with Crippen molar-refractivity contribution >= 4 is 0 Å². The van der Waals surface area contributed by atoms with Crippen LogP contribution in [0, 0.1) is 17.3 Å². The fourth-order valence-corrected chi connectivity index (χ4v) is 4.45. The molecule has 0 aromatic rings. The van der Waals surface area contributed by atoms with Gasteiger partial charge in [-0.1, -0.05) is 25.9 Å². The molecule has 2 aliphatic rings. The van der Waals surface area contributed by atoms with Crippen molar-refractivity contribution in [1.82, 2.24) is 0 Å². The van der Waals surface area contributed by atoms with E-state index in [-0.39, 0.29) is 11.0 Å². The van der Waals surface area contributed by atoms with E-state index in [9.17, 15) is 0 Å². The van der Waals surface area contributed by atoms with Crippen LogP contribution in [0.4, 0.5) is 0 Å². The largest absolute Gasteiger partial charge is 0.0864 e. The van der Waals surface area contributed by atoms with E-state index in [1.807, 2.05) is 0 Å². The number of nitrogens with zero attached hydrogens (tertiary/aromatic N) is 3. The minimum absolute atomic E-state index is 0.0839. The Kier molecular flexibility index (Phi) is 2.46. The predicted octanol–water partition coefficient (Wildman–Crippen LogP) is 4.29. The second-order valence-corrected chi connectivity index (χ2v) is 5.45. The normalized spacial score (nSPS) is 47.9. The van der Waals surface area contributed by atoms with E-state index < -0.39 is 0 Å². The molecule has 4 unspecified atom stereocenters. The zero-order chi connectivity index (χ0) is 11.1. The molecule has 84 valence electrons. The topological polar surface area (TPSA) is 48.8 Å². The van der Waals surface area contributed by atoms with Crippen molar-refractivity contribution in [3.05, 3.63) is 10.4 Å². The van der Waals surface area contributed by atoms with Crippen LogP contribution in [0.3, 0.4) is 0 Å². The second-order valence-electron chi connectivity index (χ2n) is 5.45. The van der Waals surface area contributed by atoms with Gasteiger partial charge in [0, 0.05) is 4.91 Å². The van der Waals surface area contributed by atoms with Gasteiger partial charge in [-0.3, -0.25) is 0 Å². The number of hydrogen-bond donors (Lipinski definition) is 0. The van der Waals surface area contributed by atoms with Gasteiger partial charge in [0.15, 0.2) is 0 Å². The van der Waals surface area contributed by atoms with Crippen molar-refractivity contribution in [3.8, 4) is 0 Å². The molecule has 0 saturated heterocycles. The molecule has 4 atom stereocenters. The Bertz CT molecular complexity index is 308. The maximum Gasteiger partial charge on any atom is 0.0569 e. The number of rotatable bonds is 3. The fraction of sp³-hybridized carbons (Fsp3) is 1.00. The Hall–Kier alpha value is -0.690. The van der Waals surface area contributed by atoms with Gasteiger partial charge in [-0.25, -0.2) is 0 Å². The van der Waals surface area contributed by atoms with Crippen molar-refractivity contribution in [3.63, 3.8) is 0 Å². The summed E-state index contributed by atoms with van der Waals surface area (Å²) < 4.78 is 0. The zero-order valence-corrected chi connectivity index (χ0v) is 10.0. The molecule has 15 heavy (non-hydrogen) atoms. The van der Waals surface area contributed by atoms with Gasteiger partial charge in [0.05, 0.1) is 5.54 Å². The quantitative estimate of drug-likeness (QED) is 0.376. The molecule has 0 aliphatic heterocycles. The van der Waals surface area contributed by atoms with Crippen LogP contribution in [0.5, 0.6) is 0 Å². The van der Waals surface area contributed by atoms with Crippen LogP contribution in [0.15, 0.2) is 5.11 Å². The van der Waals surface area contributed by atoms with Crippen molar-refractivity contribution in [2.75, 3.05) is 0 Å². The van der Waals surface area contributed by atoms with Crippen LogP contribution in [-0.2, 0) is 0 Å². The van der Waals surface area contributed by atoms with Gasteiger partial charge in [0.1, 0.15) is 0 Å². The number of hydrogen-bond acceptors (Lipinski definition) is 1. The molecular weight excluding hydrogens is 186 g/mol. The lowest BCUT2D eigenvalue weighted by atomic mass is 9.60. The molecule has 3 heteroatoms. The minimum Gasteiger partial charge on any atom is -0.0864 e. The highest BCUT2D eigenvalue weighted by Crippen LogP contribution is 2.65. The van der Waals surface area contributed by atoms with E-state index in [4.69, 9.17) is 5.53 Å². The van der Waals surface area contributed by atoms with Gasteiger partial charge in [-0.2, -0.15) is 0 Å². The molecule has 2 rings (SSSR count). The third-order valence-corrected chi connectivity index (χ3v) is 5.49. The highest BCUT2D eigenvalue weighted by molar-refractivity contribution is 5.17. The summed E-state index contributed by atoms with van der Waals surface area (Å²) in [6.45, 7) is 6.77. The SMILES string of the molecule is CCC1(C)C2CCC(C2)C1(CC)N=[N+]=[N-]. The van der Waals surface area contributed by atoms with E-state index in [2.05, 4.69) is 30.8 Å². The maximum atomic E-state index is 8.84. The fourth-order valence-electron chi connectivity index (χ4n) is 4.45. The Morgan fingerprint density at radius 3 is 2.47 bits per heavy atom. The first-order valence-electron chi connectivity index (χ1n) is 6.21. The maximum absolute atomic E-state index is 8.84. The van der Waals surface area contributed by atoms with Gasteiger partial charge >= 0.3 is 0 Å². The van der Waals surface area contributed by atoms with Crippen molar-refractivity contribution in [2.24, 2.45) is 22.4 Å². The first kappa shape index (κ1) is 10.8. The van der Waals surface area contributed by atoms with Gasteiger partial charge < -0.3 is 0 Å². The standard InChI is InChI=1S/C12H21N3/c1-4-11(3)9-6-7-10(8-9)12(11,5-2)14-15-13/h9-10H,4-8H2,1-3H3. The summed E-state index contributed by atoms with van der Waals surface area (Å²) in [5.41, 5.74) is 9.00. The van der Waals surface area contributed by atoms with E-state index in [1.54, 1.807) is 0 Å². The molecule has 2 bridgehead atoms. The molecular formula is C12H21N3. The molecule has 0 N–H and O–H groups in total. The van der Waals surface area contributed by atoms with Gasteiger partial charge in [0.25, 0.3) is 0 Å². The third kappa shape index (κ3) is 1.10. The summed E-state index contributed by atoms with van der Waals surface area (Å²) in [6, 6.07) is 0. The first-order chi connectivity index (χ1) is 7.14. The van der Waals surface area contributed by atoms with Gasteiger partial charge in [-0.15, -0.1) is 0 Å². The average molecular weight is 207 g/mol. The summed E-state index contributed by atoms with van der Waals surface area (Å²) in [7, 11) is 0. The van der Waals surface area contributed by atoms with E-state index in [0.29, 0.717) is 5.92 Å². The average Bonchev–Trinajstić information content (AvgIpc) is 2.81. The Morgan fingerprint density at radius 2 is 1.93 bits per heavy atom. The van der Waals surface area contributed by atoms with Crippen LogP contribution in [0.25, 0.3) is 10.4 Å². The summed E-state index contributed by atoms with van der Waals surface area (Å²) in [5.74, 6) is 1.44. The van der Waals surface area contributed by atoms with Gasteiger partial charge in [-0.05, 0) is 54.9 Å². The van der Waals surface area contributed by atoms with Crippen molar-refractivity contribution in [2.45, 2.75) is 58.4 Å². The third-order valence-electron chi connectivity index (χ3n) is 5.49. The molecule has 2 saturated carbocycles. The first-order valence-corrected chi connectivity index (χ1v) is 6.21. The monoisotopic (exact) mass is 207 g/mol. The van der Waals surface area contributed by atoms with Crippen molar-refractivity contribution < 1.29 is 0 Å². The molecule has 0 aromatic carbocycles. The Morgan fingerprint density at radius 1 is 1.27 bits per heavy atom. The molecule has 2 fully saturated rings. The lowest BCUT2D eigenvalue weighted by Gasteiger charge is -2.48. The predicted molar refractivity (Wildman–Crippen MR) is 61.4 cm³/mol. The molecule has 0 amide bonds. The Labute approximate surface area is 91.9 Å². The highest BCUT2D eigenvalue weighted by atomic mass is 15.2. The Balaban J connectivity index is 2.47. The lowest BCUT2D eigenvalue weighted by molar-refractivity contribution is 0.0590. The van der Waals surface area contributed by atoms with E-state index in [0.717, 1.165) is 18.8 Å². The summed E-state index contributed by atoms with van der Waals surface area (Å²) in [6.07, 6.45) is 6.05. The molecule has 0 radical (unpaired) electrons. The summed E-state index contributed by atoms with van der Waals surface area (Å²) in [4.78, 5) is 3.15. The molecule has 2 aliphatic carbocycles. The van der Waals surface area contributed by atoms with Crippen LogP contribution < -0.4 is 0 Å². The molecule has 3 nitrogen and oxygen atoms in total. The van der Waals surface area contributed by atoms with Crippen LogP contribution in [0.1, 0.15) is 52.9 Å². The van der Waals surface area contributed by atoms with E-state index in [1.165, 1.54) is 19.3 Å².